The average Bonchev–Trinajstić information content (AvgIpc) is 3.01. The van der Waals surface area contributed by atoms with Crippen LogP contribution >= 0.6 is 0 Å². The zero-order valence-electron chi connectivity index (χ0n) is 14.1. The molecule has 0 bridgehead atoms. The number of H-pyrrole nitrogens is 1. The SMILES string of the molecule is C.O=C(NCc1ccc(F)cc1)c1cn([C@H]2CC(O)[C@@H](CO)O2)c(=O)[nH]c1=O. The van der Waals surface area contributed by atoms with Crippen LogP contribution in [0.5, 0.6) is 0 Å². The fourth-order valence-electron chi connectivity index (χ4n) is 2.79. The number of benzene rings is 1. The summed E-state index contributed by atoms with van der Waals surface area (Å²) < 4.78 is 19.3. The van der Waals surface area contributed by atoms with E-state index in [4.69, 9.17) is 9.84 Å². The molecule has 4 N–H and O–H groups in total. The summed E-state index contributed by atoms with van der Waals surface area (Å²) in [6, 6.07) is 5.47. The highest BCUT2D eigenvalue weighted by molar-refractivity contribution is 5.93. The molecule has 1 aliphatic heterocycles. The predicted octanol–water partition coefficient (Wildman–Crippen LogP) is -0.117. The highest BCUT2D eigenvalue weighted by Crippen LogP contribution is 2.27. The van der Waals surface area contributed by atoms with Crippen molar-refractivity contribution < 1.29 is 24.1 Å². The summed E-state index contributed by atoms with van der Waals surface area (Å²) >= 11 is 0. The van der Waals surface area contributed by atoms with E-state index in [9.17, 15) is 23.9 Å². The Morgan fingerprint density at radius 2 is 2.00 bits per heavy atom. The van der Waals surface area contributed by atoms with Gasteiger partial charge in [-0.3, -0.25) is 19.1 Å². The van der Waals surface area contributed by atoms with Crippen molar-refractivity contribution >= 4 is 5.91 Å². The van der Waals surface area contributed by atoms with E-state index < -0.39 is 48.0 Å². The van der Waals surface area contributed by atoms with Crippen molar-refractivity contribution in [1.29, 1.82) is 0 Å². The van der Waals surface area contributed by atoms with Gasteiger partial charge < -0.3 is 20.3 Å². The largest absolute Gasteiger partial charge is 0.394 e. The molecule has 1 saturated heterocycles. The molecule has 2 heterocycles. The van der Waals surface area contributed by atoms with Crippen LogP contribution in [0.25, 0.3) is 0 Å². The molecule has 1 unspecified atom stereocenters. The van der Waals surface area contributed by atoms with E-state index in [-0.39, 0.29) is 26.0 Å². The zero-order valence-corrected chi connectivity index (χ0v) is 14.1. The fraction of sp³-hybridized carbons (Fsp3) is 0.389. The van der Waals surface area contributed by atoms with Gasteiger partial charge in [0, 0.05) is 19.2 Å². The second-order valence-electron chi connectivity index (χ2n) is 6.13. The summed E-state index contributed by atoms with van der Waals surface area (Å²) in [6.45, 7) is -0.371. The van der Waals surface area contributed by atoms with Crippen LogP contribution in [-0.2, 0) is 11.3 Å². The van der Waals surface area contributed by atoms with Crippen molar-refractivity contribution in [2.45, 2.75) is 38.8 Å². The summed E-state index contributed by atoms with van der Waals surface area (Å²) in [7, 11) is 0. The van der Waals surface area contributed by atoms with E-state index in [0.29, 0.717) is 5.56 Å². The van der Waals surface area contributed by atoms with Crippen LogP contribution in [0.4, 0.5) is 4.39 Å². The number of amides is 1. The average molecular weight is 395 g/mol. The summed E-state index contributed by atoms with van der Waals surface area (Å²) in [5.41, 5.74) is -1.36. The van der Waals surface area contributed by atoms with E-state index in [2.05, 4.69) is 5.32 Å². The highest BCUT2D eigenvalue weighted by atomic mass is 19.1. The van der Waals surface area contributed by atoms with Gasteiger partial charge in [0.05, 0.1) is 12.7 Å². The van der Waals surface area contributed by atoms with Crippen LogP contribution in [0.1, 0.15) is 36.0 Å². The van der Waals surface area contributed by atoms with Crippen LogP contribution in [0.3, 0.4) is 0 Å². The third-order valence-corrected chi connectivity index (χ3v) is 4.27. The molecule has 2 aromatic rings. The Morgan fingerprint density at radius 1 is 1.32 bits per heavy atom. The molecule has 28 heavy (non-hydrogen) atoms. The topological polar surface area (TPSA) is 134 Å². The number of rotatable bonds is 5. The van der Waals surface area contributed by atoms with Gasteiger partial charge in [0.1, 0.15) is 23.7 Å². The highest BCUT2D eigenvalue weighted by Gasteiger charge is 2.35. The first-order valence-corrected chi connectivity index (χ1v) is 8.21. The number of carbonyl (C=O) groups is 1. The molecule has 1 amide bonds. The number of aliphatic hydroxyl groups is 2. The van der Waals surface area contributed by atoms with Crippen molar-refractivity contribution in [3.63, 3.8) is 0 Å². The standard InChI is InChI=1S/C17H18FN3O6.CH4/c18-10-3-1-9(2-4-10)6-19-15(24)11-7-21(17(26)20-16(11)25)14-5-12(23)13(8-22)27-14;/h1-4,7,12-14,22-23H,5-6,8H2,(H,19,24)(H,20,25,26);1H4/t12?,13-,14-;/m1./s1. The Morgan fingerprint density at radius 3 is 2.61 bits per heavy atom. The van der Waals surface area contributed by atoms with E-state index >= 15 is 0 Å². The first kappa shape index (κ1) is 21.5. The van der Waals surface area contributed by atoms with Crippen LogP contribution in [0.15, 0.2) is 40.1 Å². The molecule has 1 aliphatic rings. The lowest BCUT2D eigenvalue weighted by Gasteiger charge is -2.15. The van der Waals surface area contributed by atoms with Crippen molar-refractivity contribution in [2.24, 2.45) is 0 Å². The Labute approximate surface area is 159 Å². The van der Waals surface area contributed by atoms with Gasteiger partial charge in [-0.1, -0.05) is 19.6 Å². The van der Waals surface area contributed by atoms with E-state index in [0.717, 1.165) is 10.8 Å². The van der Waals surface area contributed by atoms with Gasteiger partial charge in [-0.2, -0.15) is 0 Å². The molecule has 10 heteroatoms. The second kappa shape index (κ2) is 8.91. The molecule has 1 fully saturated rings. The summed E-state index contributed by atoms with van der Waals surface area (Å²) in [5, 5.41) is 21.4. The Hall–Kier alpha value is -2.82. The zero-order chi connectivity index (χ0) is 19.6. The summed E-state index contributed by atoms with van der Waals surface area (Å²) in [5.74, 6) is -1.14. The van der Waals surface area contributed by atoms with Crippen molar-refractivity contribution in [3.05, 3.63) is 68.2 Å². The van der Waals surface area contributed by atoms with Crippen LogP contribution in [0, 0.1) is 5.82 Å². The monoisotopic (exact) mass is 395 g/mol. The lowest BCUT2D eigenvalue weighted by Crippen LogP contribution is -2.38. The van der Waals surface area contributed by atoms with E-state index in [1.807, 2.05) is 4.98 Å². The first-order chi connectivity index (χ1) is 12.9. The maximum Gasteiger partial charge on any atom is 0.330 e. The van der Waals surface area contributed by atoms with Crippen LogP contribution in [0.2, 0.25) is 0 Å². The Bertz CT molecular complexity index is 940. The fourth-order valence-corrected chi connectivity index (χ4v) is 2.79. The normalized spacial score (nSPS) is 21.2. The molecular weight excluding hydrogens is 373 g/mol. The van der Waals surface area contributed by atoms with E-state index in [1.54, 1.807) is 0 Å². The third kappa shape index (κ3) is 4.53. The molecule has 152 valence electrons. The van der Waals surface area contributed by atoms with Crippen molar-refractivity contribution in [1.82, 2.24) is 14.9 Å². The molecule has 9 nitrogen and oxygen atoms in total. The molecular formula is C18H22FN3O6. The van der Waals surface area contributed by atoms with Crippen LogP contribution in [-0.4, -0.2) is 44.5 Å². The smallest absolute Gasteiger partial charge is 0.330 e. The number of hydrogen-bond acceptors (Lipinski definition) is 6. The molecule has 0 radical (unpaired) electrons. The second-order valence-corrected chi connectivity index (χ2v) is 6.13. The summed E-state index contributed by atoms with van der Waals surface area (Å²) in [4.78, 5) is 38.4. The number of aromatic amines is 1. The Balaban J connectivity index is 0.00000280. The van der Waals surface area contributed by atoms with Gasteiger partial charge in [-0.15, -0.1) is 0 Å². The number of nitrogens with one attached hydrogen (secondary N) is 2. The molecule has 3 rings (SSSR count). The number of aromatic nitrogens is 2. The van der Waals surface area contributed by atoms with Crippen molar-refractivity contribution in [2.75, 3.05) is 6.61 Å². The number of aliphatic hydroxyl groups excluding tert-OH is 2. The number of hydrogen-bond donors (Lipinski definition) is 4. The predicted molar refractivity (Wildman–Crippen MR) is 97.2 cm³/mol. The lowest BCUT2D eigenvalue weighted by molar-refractivity contribution is -0.0459. The van der Waals surface area contributed by atoms with Gasteiger partial charge >= 0.3 is 5.69 Å². The third-order valence-electron chi connectivity index (χ3n) is 4.27. The van der Waals surface area contributed by atoms with Gasteiger partial charge in [0.2, 0.25) is 0 Å². The summed E-state index contributed by atoms with van der Waals surface area (Å²) in [6.07, 6.45) is -1.68. The molecule has 0 spiro atoms. The number of nitrogens with zero attached hydrogens (tertiary/aromatic N) is 1. The Kier molecular flexibility index (Phi) is 6.84. The van der Waals surface area contributed by atoms with Gasteiger partial charge in [0.15, 0.2) is 0 Å². The number of carbonyl (C=O) groups excluding carboxylic acids is 1. The number of ether oxygens (including phenoxy) is 1. The van der Waals surface area contributed by atoms with Crippen LogP contribution < -0.4 is 16.6 Å². The number of halogens is 1. The minimum atomic E-state index is -0.977. The van der Waals surface area contributed by atoms with Gasteiger partial charge in [-0.25, -0.2) is 9.18 Å². The quantitative estimate of drug-likeness (QED) is 0.558. The minimum Gasteiger partial charge on any atom is -0.394 e. The van der Waals surface area contributed by atoms with Gasteiger partial charge in [-0.05, 0) is 17.7 Å². The minimum absolute atomic E-state index is 0. The first-order valence-electron chi connectivity index (χ1n) is 8.21. The molecule has 3 atom stereocenters. The van der Waals surface area contributed by atoms with E-state index in [1.165, 1.54) is 24.3 Å². The van der Waals surface area contributed by atoms with Gasteiger partial charge in [0.25, 0.3) is 11.5 Å². The molecule has 1 aromatic heterocycles. The maximum absolute atomic E-state index is 12.9. The lowest BCUT2D eigenvalue weighted by atomic mass is 10.2. The molecule has 0 aliphatic carbocycles. The van der Waals surface area contributed by atoms with Crippen molar-refractivity contribution in [3.8, 4) is 0 Å². The molecule has 0 saturated carbocycles. The molecule has 1 aromatic carbocycles. The maximum atomic E-state index is 12.9.